The summed E-state index contributed by atoms with van der Waals surface area (Å²) in [5, 5.41) is 66.5. The van der Waals surface area contributed by atoms with Gasteiger partial charge in [0.05, 0.1) is 41.5 Å². The molecular weight excluding hydrogens is 554 g/mol. The number of aliphatic hydroxyl groups is 4. The van der Waals surface area contributed by atoms with Crippen LogP contribution in [-0.2, 0) is 19.9 Å². The second-order valence-electron chi connectivity index (χ2n) is 12.0. The lowest BCUT2D eigenvalue weighted by Crippen LogP contribution is -2.68. The van der Waals surface area contributed by atoms with E-state index in [0.717, 1.165) is 19.2 Å². The highest BCUT2D eigenvalue weighted by Gasteiger charge is 2.59. The molecule has 2 aliphatic carbocycles. The van der Waals surface area contributed by atoms with E-state index in [9.17, 15) is 45.0 Å². The average Bonchev–Trinajstić information content (AvgIpc) is 2.89. The Kier molecular flexibility index (Phi) is 6.08. The van der Waals surface area contributed by atoms with Crippen molar-refractivity contribution in [2.75, 3.05) is 21.2 Å². The summed E-state index contributed by atoms with van der Waals surface area (Å²) in [6.07, 6.45) is -5.98. The molecule has 0 saturated carbocycles. The molecule has 0 amide bonds. The van der Waals surface area contributed by atoms with E-state index in [4.69, 9.17) is 14.2 Å². The number of hydrogen-bond donors (Lipinski definition) is 6. The van der Waals surface area contributed by atoms with Crippen LogP contribution in [0.25, 0.3) is 0 Å². The fraction of sp³-hybridized carbons (Fsp3) is 0.483. The molecule has 1 fully saturated rings. The largest absolute Gasteiger partial charge is 0.507 e. The zero-order valence-electron chi connectivity index (χ0n) is 23.4. The summed E-state index contributed by atoms with van der Waals surface area (Å²) < 4.78 is 16.7. The maximum Gasteiger partial charge on any atom is 0.316 e. The van der Waals surface area contributed by atoms with Crippen molar-refractivity contribution < 1.29 is 59.2 Å². The van der Waals surface area contributed by atoms with Gasteiger partial charge in [0.25, 0.3) is 0 Å². The number of esters is 1. The predicted molar refractivity (Wildman–Crippen MR) is 140 cm³/mol. The van der Waals surface area contributed by atoms with Crippen molar-refractivity contribution in [2.24, 2.45) is 0 Å². The van der Waals surface area contributed by atoms with Crippen LogP contribution in [0.2, 0.25) is 0 Å². The van der Waals surface area contributed by atoms with Gasteiger partial charge in [0.15, 0.2) is 5.78 Å². The number of nitrogens with zero attached hydrogens (tertiary/aromatic N) is 1. The van der Waals surface area contributed by atoms with Crippen molar-refractivity contribution in [3.63, 3.8) is 0 Å². The summed E-state index contributed by atoms with van der Waals surface area (Å²) in [7, 11) is 4.39. The molecule has 2 aromatic rings. The molecule has 1 saturated heterocycles. The number of likely N-dealkylation sites (N-methyl/N-ethyl adjacent to an activating group) is 1. The highest BCUT2D eigenvalue weighted by Crippen LogP contribution is 2.55. The van der Waals surface area contributed by atoms with Crippen molar-refractivity contribution in [3.8, 4) is 17.2 Å². The Labute approximate surface area is 239 Å². The van der Waals surface area contributed by atoms with Gasteiger partial charge >= 0.3 is 5.97 Å². The number of carbonyl (C=O) groups is 3. The fourth-order valence-corrected chi connectivity index (χ4v) is 7.07. The zero-order valence-corrected chi connectivity index (χ0v) is 23.4. The minimum Gasteiger partial charge on any atom is -0.507 e. The molecular formula is C29H31NO12. The number of aliphatic hydroxyl groups excluding tert-OH is 3. The molecule has 2 aliphatic heterocycles. The third-order valence-corrected chi connectivity index (χ3v) is 9.11. The molecule has 0 radical (unpaired) electrons. The lowest BCUT2D eigenvalue weighted by atomic mass is 9.68. The number of carbonyl (C=O) groups excluding carboxylic acids is 3. The zero-order chi connectivity index (χ0) is 30.8. The highest BCUT2D eigenvalue weighted by molar-refractivity contribution is 6.31. The average molecular weight is 586 g/mol. The number of hydrogen-bond acceptors (Lipinski definition) is 13. The van der Waals surface area contributed by atoms with Gasteiger partial charge in [-0.05, 0) is 45.6 Å². The van der Waals surface area contributed by atoms with E-state index < -0.39 is 87.9 Å². The summed E-state index contributed by atoms with van der Waals surface area (Å²) in [4.78, 5) is 42.4. The van der Waals surface area contributed by atoms with Crippen LogP contribution < -0.4 is 4.74 Å². The van der Waals surface area contributed by atoms with Gasteiger partial charge in [-0.2, -0.15) is 0 Å². The summed E-state index contributed by atoms with van der Waals surface area (Å²) in [5.41, 5.74) is -5.43. The first-order chi connectivity index (χ1) is 19.6. The first-order valence-corrected chi connectivity index (χ1v) is 13.3. The molecule has 42 heavy (non-hydrogen) atoms. The van der Waals surface area contributed by atoms with E-state index in [1.165, 1.54) is 13.8 Å². The quantitative estimate of drug-likeness (QED) is 0.218. The van der Waals surface area contributed by atoms with Crippen LogP contribution >= 0.6 is 0 Å². The summed E-state index contributed by atoms with van der Waals surface area (Å²) >= 11 is 0. The molecule has 2 heterocycles. The molecule has 8 atom stereocenters. The molecule has 13 heteroatoms. The van der Waals surface area contributed by atoms with Crippen LogP contribution in [0.4, 0.5) is 0 Å². The minimum atomic E-state index is -1.83. The molecule has 0 spiro atoms. The molecule has 0 aromatic heterocycles. The molecule has 2 aromatic carbocycles. The SMILES string of the molecule is COC(=O)[C@@H]1c2cc3c(c(O)c2[C@@H](O)C[C@]1(C)O)C(=O)c1c(O)cc2c(c1C3=O)O[C@H]1O[C@@]2(C)[C@H](O)[C@H](N(C)C)[C@@H]1O. The van der Waals surface area contributed by atoms with Gasteiger partial charge in [-0.1, -0.05) is 0 Å². The van der Waals surface area contributed by atoms with Crippen LogP contribution in [0.1, 0.15) is 80.8 Å². The van der Waals surface area contributed by atoms with Crippen LogP contribution in [0.5, 0.6) is 17.2 Å². The van der Waals surface area contributed by atoms with E-state index in [1.807, 2.05) is 0 Å². The molecule has 13 nitrogen and oxygen atoms in total. The Hall–Kier alpha value is -3.59. The Balaban J connectivity index is 1.60. The normalized spacial score (nSPS) is 34.6. The van der Waals surface area contributed by atoms with Crippen LogP contribution in [0.3, 0.4) is 0 Å². The molecule has 224 valence electrons. The number of methoxy groups -OCH3 is 1. The standard InChI is InChI=1S/C29H31NO12/c1-28(39)8-13(32)14-9(18(28)26(38)40-5)6-10-15(21(14)34)22(35)16-12(31)7-11-24(17(16)20(10)33)41-27-23(36)19(30(3)4)25(37)29(11,2)42-27/h6-7,13,18-19,23,25,27,31-32,34,36-37,39H,8H2,1-5H3/t13-,18-,19+,23-,25+,27-,28-,29+/m0/s1. The monoisotopic (exact) mass is 585 g/mol. The van der Waals surface area contributed by atoms with Gasteiger partial charge in [-0.25, -0.2) is 0 Å². The molecule has 0 unspecified atom stereocenters. The van der Waals surface area contributed by atoms with Gasteiger partial charge in [-0.3, -0.25) is 14.4 Å². The van der Waals surface area contributed by atoms with E-state index >= 15 is 0 Å². The van der Waals surface area contributed by atoms with Crippen molar-refractivity contribution in [1.29, 1.82) is 0 Å². The number of phenols is 2. The van der Waals surface area contributed by atoms with Gasteiger partial charge in [-0.15, -0.1) is 0 Å². The van der Waals surface area contributed by atoms with Gasteiger partial charge in [0.1, 0.15) is 41.0 Å². The Morgan fingerprint density at radius 3 is 2.33 bits per heavy atom. The number of benzene rings is 2. The lowest BCUT2D eigenvalue weighted by Gasteiger charge is -2.53. The Morgan fingerprint density at radius 2 is 1.71 bits per heavy atom. The molecule has 4 aliphatic rings. The number of aromatic hydroxyl groups is 2. The number of fused-ring (bicyclic) bond motifs is 8. The third-order valence-electron chi connectivity index (χ3n) is 9.11. The maximum atomic E-state index is 14.2. The maximum absolute atomic E-state index is 14.2. The molecule has 6 N–H and O–H groups in total. The minimum absolute atomic E-state index is 0.0545. The Morgan fingerprint density at radius 1 is 1.05 bits per heavy atom. The first-order valence-electron chi connectivity index (χ1n) is 13.3. The Bertz CT molecular complexity index is 1580. The summed E-state index contributed by atoms with van der Waals surface area (Å²) in [5.74, 6) is -5.77. The van der Waals surface area contributed by atoms with Crippen LogP contribution in [-0.4, -0.2) is 104 Å². The van der Waals surface area contributed by atoms with Crippen LogP contribution in [0.15, 0.2) is 12.1 Å². The smallest absolute Gasteiger partial charge is 0.316 e. The van der Waals surface area contributed by atoms with Crippen molar-refractivity contribution in [3.05, 3.63) is 51.1 Å². The number of ketones is 2. The second kappa shape index (κ2) is 8.96. The third kappa shape index (κ3) is 3.49. The lowest BCUT2D eigenvalue weighted by molar-refractivity contribution is -0.311. The first kappa shape index (κ1) is 28.5. The number of ether oxygens (including phenoxy) is 3. The fourth-order valence-electron chi connectivity index (χ4n) is 7.07. The van der Waals surface area contributed by atoms with E-state index in [2.05, 4.69) is 0 Å². The molecule has 2 bridgehead atoms. The number of rotatable bonds is 2. The summed E-state index contributed by atoms with van der Waals surface area (Å²) in [6.45, 7) is 2.81. The molecule has 6 rings (SSSR count). The van der Waals surface area contributed by atoms with Crippen molar-refractivity contribution in [1.82, 2.24) is 4.90 Å². The van der Waals surface area contributed by atoms with Crippen molar-refractivity contribution >= 4 is 17.5 Å². The van der Waals surface area contributed by atoms with Gasteiger partial charge < -0.3 is 49.7 Å². The predicted octanol–water partition coefficient (Wildman–Crippen LogP) is -0.0662. The highest BCUT2D eigenvalue weighted by atomic mass is 16.7. The van der Waals surface area contributed by atoms with Crippen molar-refractivity contribution in [2.45, 2.75) is 68.0 Å². The van der Waals surface area contributed by atoms with E-state index in [0.29, 0.717) is 0 Å². The second-order valence-corrected chi connectivity index (χ2v) is 12.0. The van der Waals surface area contributed by atoms with E-state index in [-0.39, 0.29) is 40.0 Å². The topological polar surface area (TPSA) is 204 Å². The number of phenolic OH excluding ortho intramolecular Hbond substituents is 2. The summed E-state index contributed by atoms with van der Waals surface area (Å²) in [6, 6.07) is 1.44. The van der Waals surface area contributed by atoms with E-state index in [1.54, 1.807) is 19.0 Å². The van der Waals surface area contributed by atoms with Gasteiger partial charge in [0.2, 0.25) is 12.1 Å². The van der Waals surface area contributed by atoms with Gasteiger partial charge in [0, 0.05) is 23.1 Å². The van der Waals surface area contributed by atoms with Crippen LogP contribution in [0, 0.1) is 0 Å².